The lowest BCUT2D eigenvalue weighted by Crippen LogP contribution is -2.32. The molecule has 0 bridgehead atoms. The number of hydrogen-bond donors (Lipinski definition) is 2. The number of rotatable bonds is 5. The van der Waals surface area contributed by atoms with Crippen molar-refractivity contribution in [2.45, 2.75) is 27.7 Å². The number of amides is 1. The van der Waals surface area contributed by atoms with Crippen LogP contribution in [-0.4, -0.2) is 24.0 Å². The van der Waals surface area contributed by atoms with E-state index in [-0.39, 0.29) is 11.8 Å². The molecular formula is C17H23N3O. The molecule has 4 heteroatoms. The van der Waals surface area contributed by atoms with Gasteiger partial charge in [-0.15, -0.1) is 0 Å². The van der Waals surface area contributed by atoms with Crippen molar-refractivity contribution in [2.24, 2.45) is 5.92 Å². The largest absolute Gasteiger partial charge is 0.368 e. The summed E-state index contributed by atoms with van der Waals surface area (Å²) in [7, 11) is 0. The average Bonchev–Trinajstić information content (AvgIpc) is 2.43. The van der Waals surface area contributed by atoms with Crippen LogP contribution in [0.25, 0.3) is 10.9 Å². The molecule has 0 radical (unpaired) electrons. The lowest BCUT2D eigenvalue weighted by atomic mass is 10.1. The van der Waals surface area contributed by atoms with Gasteiger partial charge in [-0.2, -0.15) is 0 Å². The minimum absolute atomic E-state index is 0.0218. The lowest BCUT2D eigenvalue weighted by Gasteiger charge is -2.12. The van der Waals surface area contributed by atoms with E-state index in [1.165, 1.54) is 5.56 Å². The second-order valence-electron chi connectivity index (χ2n) is 5.72. The number of pyridine rings is 1. The molecule has 1 aromatic heterocycles. The van der Waals surface area contributed by atoms with Crippen LogP contribution in [0.2, 0.25) is 0 Å². The van der Waals surface area contributed by atoms with E-state index in [9.17, 15) is 4.79 Å². The Balaban J connectivity index is 2.01. The predicted molar refractivity (Wildman–Crippen MR) is 87.6 cm³/mol. The fourth-order valence-corrected chi connectivity index (χ4v) is 2.13. The maximum absolute atomic E-state index is 11.5. The Morgan fingerprint density at radius 1 is 1.19 bits per heavy atom. The number of aryl methyl sites for hydroxylation is 2. The molecule has 2 N–H and O–H groups in total. The van der Waals surface area contributed by atoms with Crippen LogP contribution in [0.3, 0.4) is 0 Å². The Kier molecular flexibility index (Phi) is 4.78. The maximum Gasteiger partial charge on any atom is 0.222 e. The van der Waals surface area contributed by atoms with Gasteiger partial charge in [0.1, 0.15) is 5.82 Å². The van der Waals surface area contributed by atoms with Crippen LogP contribution in [0.5, 0.6) is 0 Å². The van der Waals surface area contributed by atoms with Crippen molar-refractivity contribution in [3.63, 3.8) is 0 Å². The van der Waals surface area contributed by atoms with Crippen LogP contribution >= 0.6 is 0 Å². The normalized spacial score (nSPS) is 10.9. The summed E-state index contributed by atoms with van der Waals surface area (Å²) in [6.45, 7) is 9.16. The van der Waals surface area contributed by atoms with Crippen molar-refractivity contribution in [1.29, 1.82) is 0 Å². The summed E-state index contributed by atoms with van der Waals surface area (Å²) in [5, 5.41) is 7.33. The molecule has 1 amide bonds. The Hall–Kier alpha value is -2.10. The van der Waals surface area contributed by atoms with Crippen LogP contribution in [0, 0.1) is 19.8 Å². The highest BCUT2D eigenvalue weighted by molar-refractivity contribution is 5.82. The third-order valence-corrected chi connectivity index (χ3v) is 3.40. The van der Waals surface area contributed by atoms with Gasteiger partial charge in [0.2, 0.25) is 5.91 Å². The smallest absolute Gasteiger partial charge is 0.222 e. The van der Waals surface area contributed by atoms with Gasteiger partial charge in [0.05, 0.1) is 5.52 Å². The molecule has 1 heterocycles. The monoisotopic (exact) mass is 285 g/mol. The molecule has 0 saturated heterocycles. The molecule has 2 aromatic rings. The first-order valence-corrected chi connectivity index (χ1v) is 7.37. The number of aromatic nitrogens is 1. The van der Waals surface area contributed by atoms with E-state index < -0.39 is 0 Å². The molecule has 0 spiro atoms. The first kappa shape index (κ1) is 15.3. The number of nitrogens with one attached hydrogen (secondary N) is 2. The van der Waals surface area contributed by atoms with Gasteiger partial charge < -0.3 is 10.6 Å². The van der Waals surface area contributed by atoms with Crippen molar-refractivity contribution < 1.29 is 4.79 Å². The molecule has 0 saturated carbocycles. The average molecular weight is 285 g/mol. The van der Waals surface area contributed by atoms with Gasteiger partial charge in [-0.3, -0.25) is 4.79 Å². The molecule has 0 aliphatic rings. The summed E-state index contributed by atoms with van der Waals surface area (Å²) in [4.78, 5) is 16.1. The summed E-state index contributed by atoms with van der Waals surface area (Å²) in [6.07, 6.45) is 0. The summed E-state index contributed by atoms with van der Waals surface area (Å²) in [6, 6.07) is 8.41. The number of carbonyl (C=O) groups excluding carboxylic acids is 1. The predicted octanol–water partition coefficient (Wildman–Crippen LogP) is 3.04. The van der Waals surface area contributed by atoms with Crippen molar-refractivity contribution >= 4 is 22.6 Å². The summed E-state index contributed by atoms with van der Waals surface area (Å²) < 4.78 is 0. The van der Waals surface area contributed by atoms with Crippen LogP contribution in [0.15, 0.2) is 24.3 Å². The minimum Gasteiger partial charge on any atom is -0.368 e. The van der Waals surface area contributed by atoms with Gasteiger partial charge in [-0.1, -0.05) is 26.0 Å². The van der Waals surface area contributed by atoms with E-state index in [2.05, 4.69) is 46.8 Å². The molecule has 1 aromatic carbocycles. The van der Waals surface area contributed by atoms with Gasteiger partial charge in [0.25, 0.3) is 0 Å². The number of anilines is 1. The first-order valence-electron chi connectivity index (χ1n) is 7.37. The van der Waals surface area contributed by atoms with E-state index in [4.69, 9.17) is 0 Å². The number of fused-ring (bicyclic) bond motifs is 1. The van der Waals surface area contributed by atoms with Crippen molar-refractivity contribution in [1.82, 2.24) is 10.3 Å². The molecule has 21 heavy (non-hydrogen) atoms. The zero-order chi connectivity index (χ0) is 15.4. The third-order valence-electron chi connectivity index (χ3n) is 3.40. The maximum atomic E-state index is 11.5. The SMILES string of the molecule is Cc1ccc2cc(C)c(NCCNC(=O)C(C)C)nc2c1. The fraction of sp³-hybridized carbons (Fsp3) is 0.412. The quantitative estimate of drug-likeness (QED) is 0.830. The highest BCUT2D eigenvalue weighted by Gasteiger charge is 2.06. The van der Waals surface area contributed by atoms with E-state index >= 15 is 0 Å². The van der Waals surface area contributed by atoms with E-state index in [1.54, 1.807) is 0 Å². The Morgan fingerprint density at radius 3 is 2.67 bits per heavy atom. The Morgan fingerprint density at radius 2 is 1.95 bits per heavy atom. The lowest BCUT2D eigenvalue weighted by molar-refractivity contribution is -0.123. The number of carbonyl (C=O) groups is 1. The summed E-state index contributed by atoms with van der Waals surface area (Å²) >= 11 is 0. The van der Waals surface area contributed by atoms with Crippen LogP contribution in [0.4, 0.5) is 5.82 Å². The number of benzene rings is 1. The number of nitrogens with zero attached hydrogens (tertiary/aromatic N) is 1. The zero-order valence-electron chi connectivity index (χ0n) is 13.2. The van der Waals surface area contributed by atoms with Crippen molar-refractivity contribution in [3.05, 3.63) is 35.4 Å². The molecule has 0 aliphatic heterocycles. The molecule has 112 valence electrons. The van der Waals surface area contributed by atoms with Crippen LogP contribution in [-0.2, 0) is 4.79 Å². The molecule has 2 rings (SSSR count). The highest BCUT2D eigenvalue weighted by atomic mass is 16.1. The van der Waals surface area contributed by atoms with Gasteiger partial charge in [0.15, 0.2) is 0 Å². The van der Waals surface area contributed by atoms with E-state index in [0.717, 1.165) is 22.3 Å². The molecule has 0 fully saturated rings. The minimum atomic E-state index is 0.0218. The van der Waals surface area contributed by atoms with Crippen molar-refractivity contribution in [2.75, 3.05) is 18.4 Å². The summed E-state index contributed by atoms with van der Waals surface area (Å²) in [5.74, 6) is 0.982. The third kappa shape index (κ3) is 3.94. The fourth-order valence-electron chi connectivity index (χ4n) is 2.13. The van der Waals surface area contributed by atoms with Crippen LogP contribution < -0.4 is 10.6 Å². The van der Waals surface area contributed by atoms with Crippen LogP contribution in [0.1, 0.15) is 25.0 Å². The van der Waals surface area contributed by atoms with E-state index in [1.807, 2.05) is 20.8 Å². The zero-order valence-corrected chi connectivity index (χ0v) is 13.2. The highest BCUT2D eigenvalue weighted by Crippen LogP contribution is 2.20. The Bertz CT molecular complexity index is 650. The van der Waals surface area contributed by atoms with Gasteiger partial charge in [0, 0.05) is 24.4 Å². The second-order valence-corrected chi connectivity index (χ2v) is 5.72. The van der Waals surface area contributed by atoms with Gasteiger partial charge >= 0.3 is 0 Å². The van der Waals surface area contributed by atoms with Crippen molar-refractivity contribution in [3.8, 4) is 0 Å². The second kappa shape index (κ2) is 6.57. The van der Waals surface area contributed by atoms with E-state index in [0.29, 0.717) is 13.1 Å². The molecule has 4 nitrogen and oxygen atoms in total. The summed E-state index contributed by atoms with van der Waals surface area (Å²) in [5.41, 5.74) is 3.31. The van der Waals surface area contributed by atoms with Gasteiger partial charge in [-0.05, 0) is 37.1 Å². The topological polar surface area (TPSA) is 54.0 Å². The molecule has 0 atom stereocenters. The standard InChI is InChI=1S/C17H23N3O/c1-11(2)17(21)19-8-7-18-16-13(4)10-14-6-5-12(3)9-15(14)20-16/h5-6,9-11H,7-8H2,1-4H3,(H,18,20)(H,19,21). The molecule has 0 unspecified atom stereocenters. The Labute approximate surface area is 126 Å². The number of hydrogen-bond acceptors (Lipinski definition) is 3. The molecule has 0 aliphatic carbocycles. The first-order chi connectivity index (χ1) is 9.97. The molecular weight excluding hydrogens is 262 g/mol. The van der Waals surface area contributed by atoms with Gasteiger partial charge in [-0.25, -0.2) is 4.98 Å².